The van der Waals surface area contributed by atoms with Crippen LogP contribution in [0.25, 0.3) is 0 Å². The van der Waals surface area contributed by atoms with E-state index < -0.39 is 78.9 Å². The number of hydrogen-bond acceptors (Lipinski definition) is 4. The number of halogens is 9. The Morgan fingerprint density at radius 1 is 0.711 bits per heavy atom. The average molecular weight is 573 g/mol. The lowest BCUT2D eigenvalue weighted by atomic mass is 10.1. The quantitative estimate of drug-likeness (QED) is 0.309. The molecule has 0 aliphatic carbocycles. The Morgan fingerprint density at radius 3 is 1.74 bits per heavy atom. The molecule has 0 radical (unpaired) electrons. The zero-order valence-corrected chi connectivity index (χ0v) is 19.0. The molecule has 0 saturated carbocycles. The number of rotatable bonds is 6. The molecule has 204 valence electrons. The molecule has 3 aromatic carbocycles. The van der Waals surface area contributed by atoms with Crippen LogP contribution in [-0.4, -0.2) is 19.5 Å². The standard InChI is InChI=1S/C22H12F9NO5S/c23-20(24,25)11-5-6-18(37-17-4-2-1-3-15(17)19(33)34)16(10-11)32-38(35,36)14-8-12(21(26,27)28)7-13(9-14)22(29,30)31/h1-10,32H,(H,33,34). The van der Waals surface area contributed by atoms with Gasteiger partial charge in [0.25, 0.3) is 10.0 Å². The van der Waals surface area contributed by atoms with Gasteiger partial charge in [-0.15, -0.1) is 0 Å². The van der Waals surface area contributed by atoms with E-state index in [0.717, 1.165) is 12.1 Å². The van der Waals surface area contributed by atoms with E-state index in [2.05, 4.69) is 0 Å². The zero-order chi connectivity index (χ0) is 28.7. The summed E-state index contributed by atoms with van der Waals surface area (Å²) < 4.78 is 151. The van der Waals surface area contributed by atoms with Crippen LogP contribution < -0.4 is 9.46 Å². The van der Waals surface area contributed by atoms with Crippen molar-refractivity contribution in [2.45, 2.75) is 23.4 Å². The molecular weight excluding hydrogens is 561 g/mol. The molecule has 3 rings (SSSR count). The minimum Gasteiger partial charge on any atom is -0.478 e. The average Bonchev–Trinajstić information content (AvgIpc) is 2.78. The third-order valence-corrected chi connectivity index (χ3v) is 6.11. The van der Waals surface area contributed by atoms with E-state index in [1.54, 1.807) is 0 Å². The topological polar surface area (TPSA) is 92.7 Å². The molecule has 38 heavy (non-hydrogen) atoms. The van der Waals surface area contributed by atoms with Gasteiger partial charge in [-0.2, -0.15) is 39.5 Å². The van der Waals surface area contributed by atoms with Crippen molar-refractivity contribution in [3.8, 4) is 11.5 Å². The molecule has 16 heteroatoms. The molecule has 0 unspecified atom stereocenters. The maximum Gasteiger partial charge on any atom is 0.416 e. The summed E-state index contributed by atoms with van der Waals surface area (Å²) in [4.78, 5) is 9.84. The Labute approximate surface area is 207 Å². The van der Waals surface area contributed by atoms with Gasteiger partial charge in [-0.3, -0.25) is 4.72 Å². The predicted molar refractivity (Wildman–Crippen MR) is 112 cm³/mol. The van der Waals surface area contributed by atoms with E-state index in [4.69, 9.17) is 4.74 Å². The summed E-state index contributed by atoms with van der Waals surface area (Å²) in [5, 5.41) is 9.26. The summed E-state index contributed by atoms with van der Waals surface area (Å²) in [6.45, 7) is 0. The summed E-state index contributed by atoms with van der Waals surface area (Å²) >= 11 is 0. The number of nitrogens with one attached hydrogen (secondary N) is 1. The monoisotopic (exact) mass is 573 g/mol. The van der Waals surface area contributed by atoms with Gasteiger partial charge in [0.05, 0.1) is 27.3 Å². The van der Waals surface area contributed by atoms with Gasteiger partial charge in [-0.1, -0.05) is 12.1 Å². The lowest BCUT2D eigenvalue weighted by Gasteiger charge is -2.18. The van der Waals surface area contributed by atoms with Crippen LogP contribution in [0.15, 0.2) is 65.6 Å². The van der Waals surface area contributed by atoms with Crippen molar-refractivity contribution in [1.29, 1.82) is 0 Å². The van der Waals surface area contributed by atoms with Crippen LogP contribution in [0.2, 0.25) is 0 Å². The molecule has 0 spiro atoms. The van der Waals surface area contributed by atoms with Crippen LogP contribution in [0.4, 0.5) is 45.2 Å². The van der Waals surface area contributed by atoms with Crippen LogP contribution in [0.3, 0.4) is 0 Å². The Hall–Kier alpha value is -3.95. The molecule has 3 aromatic rings. The number of sulfonamides is 1. The number of ether oxygens (including phenoxy) is 1. The predicted octanol–water partition coefficient (Wildman–Crippen LogP) is 7.03. The van der Waals surface area contributed by atoms with E-state index in [0.29, 0.717) is 12.1 Å². The zero-order valence-electron chi connectivity index (χ0n) is 18.2. The van der Waals surface area contributed by atoms with Crippen molar-refractivity contribution in [1.82, 2.24) is 0 Å². The van der Waals surface area contributed by atoms with Crippen LogP contribution in [-0.2, 0) is 28.6 Å². The van der Waals surface area contributed by atoms with Crippen molar-refractivity contribution in [2.24, 2.45) is 0 Å². The second kappa shape index (κ2) is 9.74. The van der Waals surface area contributed by atoms with Gasteiger partial charge in [0, 0.05) is 0 Å². The van der Waals surface area contributed by atoms with Gasteiger partial charge in [-0.25, -0.2) is 13.2 Å². The highest BCUT2D eigenvalue weighted by atomic mass is 32.2. The van der Waals surface area contributed by atoms with E-state index >= 15 is 0 Å². The van der Waals surface area contributed by atoms with Crippen LogP contribution >= 0.6 is 0 Å². The van der Waals surface area contributed by atoms with Gasteiger partial charge < -0.3 is 9.84 Å². The Bertz CT molecular complexity index is 1450. The fourth-order valence-corrected chi connectivity index (χ4v) is 4.14. The van der Waals surface area contributed by atoms with Crippen molar-refractivity contribution >= 4 is 21.7 Å². The highest BCUT2D eigenvalue weighted by molar-refractivity contribution is 7.92. The Morgan fingerprint density at radius 2 is 1.24 bits per heavy atom. The van der Waals surface area contributed by atoms with Gasteiger partial charge in [0.1, 0.15) is 11.3 Å². The molecule has 0 saturated heterocycles. The van der Waals surface area contributed by atoms with Gasteiger partial charge in [-0.05, 0) is 48.5 Å². The van der Waals surface area contributed by atoms with E-state index in [9.17, 15) is 57.8 Å². The largest absolute Gasteiger partial charge is 0.478 e. The first kappa shape index (κ1) is 28.6. The lowest BCUT2D eigenvalue weighted by Crippen LogP contribution is -2.18. The minimum atomic E-state index is -5.41. The first-order valence-electron chi connectivity index (χ1n) is 9.83. The maximum absolute atomic E-state index is 13.3. The van der Waals surface area contributed by atoms with Crippen LogP contribution in [0, 0.1) is 0 Å². The summed E-state index contributed by atoms with van der Waals surface area (Å²) in [6.07, 6.45) is -15.9. The Kier molecular flexibility index (Phi) is 7.33. The van der Waals surface area contributed by atoms with E-state index in [1.807, 2.05) is 0 Å². The third-order valence-electron chi connectivity index (χ3n) is 4.76. The summed E-state index contributed by atoms with van der Waals surface area (Å²) in [6, 6.07) is 5.27. The number of anilines is 1. The van der Waals surface area contributed by atoms with Crippen molar-refractivity contribution in [3.63, 3.8) is 0 Å². The number of carbonyl (C=O) groups is 1. The minimum absolute atomic E-state index is 0.133. The van der Waals surface area contributed by atoms with Crippen LogP contribution in [0.1, 0.15) is 27.0 Å². The van der Waals surface area contributed by atoms with Crippen LogP contribution in [0.5, 0.6) is 11.5 Å². The molecule has 0 fully saturated rings. The van der Waals surface area contributed by atoms with Gasteiger partial charge >= 0.3 is 24.5 Å². The SMILES string of the molecule is O=C(O)c1ccccc1Oc1ccc(C(F)(F)F)cc1NS(=O)(=O)c1cc(C(F)(F)F)cc(C(F)(F)F)c1. The summed E-state index contributed by atoms with van der Waals surface area (Å²) in [5.74, 6) is -2.73. The van der Waals surface area contributed by atoms with Crippen molar-refractivity contribution < 1.29 is 62.6 Å². The molecular formula is C22H12F9NO5S. The normalized spacial score (nSPS) is 12.8. The van der Waals surface area contributed by atoms with Gasteiger partial charge in [0.15, 0.2) is 5.75 Å². The molecule has 0 atom stereocenters. The number of hydrogen-bond donors (Lipinski definition) is 2. The highest BCUT2D eigenvalue weighted by Crippen LogP contribution is 2.40. The molecule has 0 amide bonds. The summed E-state index contributed by atoms with van der Waals surface area (Å²) in [7, 11) is -5.40. The first-order chi connectivity index (χ1) is 17.3. The fourth-order valence-electron chi connectivity index (χ4n) is 3.01. The number of carboxylic acid groups (broad SMARTS) is 1. The molecule has 6 nitrogen and oxygen atoms in total. The number of para-hydroxylation sites is 1. The number of alkyl halides is 9. The van der Waals surface area contributed by atoms with E-state index in [1.165, 1.54) is 16.9 Å². The van der Waals surface area contributed by atoms with E-state index in [-0.39, 0.29) is 24.3 Å². The highest BCUT2D eigenvalue weighted by Gasteiger charge is 2.39. The number of carboxylic acids is 1. The number of aromatic carboxylic acids is 1. The second-order valence-electron chi connectivity index (χ2n) is 7.46. The van der Waals surface area contributed by atoms with Crippen molar-refractivity contribution in [2.75, 3.05) is 4.72 Å². The fraction of sp³-hybridized carbons (Fsp3) is 0.136. The molecule has 0 aromatic heterocycles. The molecule has 0 heterocycles. The maximum atomic E-state index is 13.3. The second-order valence-corrected chi connectivity index (χ2v) is 9.14. The Balaban J connectivity index is 2.17. The smallest absolute Gasteiger partial charge is 0.416 e. The van der Waals surface area contributed by atoms with Crippen molar-refractivity contribution in [3.05, 3.63) is 82.9 Å². The molecule has 0 bridgehead atoms. The number of benzene rings is 3. The summed E-state index contributed by atoms with van der Waals surface area (Å²) in [5.41, 5.74) is -6.97. The van der Waals surface area contributed by atoms with Gasteiger partial charge in [0.2, 0.25) is 0 Å². The molecule has 0 aliphatic rings. The lowest BCUT2D eigenvalue weighted by molar-refractivity contribution is -0.143. The molecule has 0 aliphatic heterocycles. The molecule has 2 N–H and O–H groups in total. The third kappa shape index (κ3) is 6.48. The first-order valence-corrected chi connectivity index (χ1v) is 11.3.